The molecule has 0 aliphatic heterocycles. The summed E-state index contributed by atoms with van der Waals surface area (Å²) in [6, 6.07) is 10.7. The zero-order valence-electron chi connectivity index (χ0n) is 11.5. The summed E-state index contributed by atoms with van der Waals surface area (Å²) < 4.78 is 27.6. The number of nitrogens with zero attached hydrogens (tertiary/aromatic N) is 2. The third-order valence-corrected chi connectivity index (χ3v) is 4.24. The summed E-state index contributed by atoms with van der Waals surface area (Å²) in [4.78, 5) is 9.72. The first kappa shape index (κ1) is 16.7. The average molecular weight is 355 g/mol. The number of hydrogen-bond donors (Lipinski definition) is 2. The molecule has 0 saturated carbocycles. The molecule has 2 aromatic carbocycles. The van der Waals surface area contributed by atoms with Crippen LogP contribution in [-0.4, -0.2) is 19.3 Å². The molecule has 10 heteroatoms. The molecule has 0 aromatic heterocycles. The van der Waals surface area contributed by atoms with Crippen molar-refractivity contribution in [2.24, 2.45) is 10.1 Å². The van der Waals surface area contributed by atoms with E-state index in [1.54, 1.807) is 24.3 Å². The summed E-state index contributed by atoms with van der Waals surface area (Å²) in [5, 5.41) is 13.7. The van der Waals surface area contributed by atoms with Gasteiger partial charge in [-0.25, -0.2) is 0 Å². The lowest BCUT2D eigenvalue weighted by Crippen LogP contribution is -2.24. The first-order chi connectivity index (χ1) is 10.8. The van der Waals surface area contributed by atoms with Crippen molar-refractivity contribution < 1.29 is 13.3 Å². The van der Waals surface area contributed by atoms with E-state index >= 15 is 0 Å². The van der Waals surface area contributed by atoms with Gasteiger partial charge < -0.3 is 11.1 Å². The Morgan fingerprint density at radius 2 is 1.70 bits per heavy atom. The Kier molecular flexibility index (Phi) is 4.82. The molecule has 2 rings (SSSR count). The van der Waals surface area contributed by atoms with Gasteiger partial charge in [-0.15, -0.1) is 4.40 Å². The van der Waals surface area contributed by atoms with Gasteiger partial charge in [-0.2, -0.15) is 8.42 Å². The van der Waals surface area contributed by atoms with Crippen molar-refractivity contribution in [3.63, 3.8) is 0 Å². The molecule has 0 heterocycles. The number of non-ortho nitro benzene ring substituents is 1. The zero-order chi connectivity index (χ0) is 17.0. The molecule has 0 saturated heterocycles. The predicted molar refractivity (Wildman–Crippen MR) is 87.0 cm³/mol. The Morgan fingerprint density at radius 3 is 2.22 bits per heavy atom. The number of hydrogen-bond acceptors (Lipinski definition) is 4. The molecule has 23 heavy (non-hydrogen) atoms. The van der Waals surface area contributed by atoms with Crippen LogP contribution in [0.2, 0.25) is 5.02 Å². The van der Waals surface area contributed by atoms with E-state index in [9.17, 15) is 18.5 Å². The smallest absolute Gasteiger partial charge is 0.285 e. The van der Waals surface area contributed by atoms with E-state index in [1.807, 2.05) is 0 Å². The van der Waals surface area contributed by atoms with Crippen molar-refractivity contribution in [1.29, 1.82) is 0 Å². The van der Waals surface area contributed by atoms with Crippen molar-refractivity contribution in [2.75, 3.05) is 5.32 Å². The van der Waals surface area contributed by atoms with E-state index in [-0.39, 0.29) is 16.5 Å². The minimum atomic E-state index is -4.08. The fourth-order valence-corrected chi connectivity index (χ4v) is 2.64. The van der Waals surface area contributed by atoms with E-state index in [4.69, 9.17) is 17.3 Å². The molecular formula is C13H11ClN4O4S. The van der Waals surface area contributed by atoms with Gasteiger partial charge in [-0.05, 0) is 36.4 Å². The Hall–Kier alpha value is -2.65. The maximum Gasteiger partial charge on any atom is 0.285 e. The molecule has 0 unspecified atom stereocenters. The fraction of sp³-hybridized carbons (Fsp3) is 0. The van der Waals surface area contributed by atoms with Crippen LogP contribution in [0.25, 0.3) is 0 Å². The summed E-state index contributed by atoms with van der Waals surface area (Å²) in [6.07, 6.45) is 0. The Labute approximate surface area is 136 Å². The summed E-state index contributed by atoms with van der Waals surface area (Å²) in [7, 11) is -4.08. The van der Waals surface area contributed by atoms with Crippen molar-refractivity contribution >= 4 is 39.0 Å². The lowest BCUT2D eigenvalue weighted by atomic mass is 10.3. The van der Waals surface area contributed by atoms with Gasteiger partial charge in [-0.3, -0.25) is 10.1 Å². The van der Waals surface area contributed by atoms with Crippen LogP contribution in [0.15, 0.2) is 57.8 Å². The van der Waals surface area contributed by atoms with Crippen LogP contribution in [0.1, 0.15) is 0 Å². The van der Waals surface area contributed by atoms with Gasteiger partial charge >= 0.3 is 0 Å². The maximum absolute atomic E-state index is 12.1. The van der Waals surface area contributed by atoms with Gasteiger partial charge in [0.1, 0.15) is 0 Å². The number of nitrogens with one attached hydrogen (secondary N) is 1. The fourth-order valence-electron chi connectivity index (χ4n) is 1.63. The zero-order valence-corrected chi connectivity index (χ0v) is 13.1. The second kappa shape index (κ2) is 6.63. The van der Waals surface area contributed by atoms with Crippen molar-refractivity contribution in [1.82, 2.24) is 0 Å². The molecule has 120 valence electrons. The van der Waals surface area contributed by atoms with Gasteiger partial charge in [0.05, 0.1) is 9.82 Å². The molecule has 0 fully saturated rings. The highest BCUT2D eigenvalue weighted by Crippen LogP contribution is 2.18. The van der Waals surface area contributed by atoms with Crippen LogP contribution in [-0.2, 0) is 10.0 Å². The quantitative estimate of drug-likeness (QED) is 0.375. The number of sulfonamides is 1. The van der Waals surface area contributed by atoms with Gasteiger partial charge in [0.25, 0.3) is 15.7 Å². The SMILES string of the molecule is NC(=NS(=O)(=O)c1ccc([N+](=O)[O-])cc1)Nc1ccc(Cl)cc1. The number of nitro groups is 1. The third-order valence-electron chi connectivity index (χ3n) is 2.68. The van der Waals surface area contributed by atoms with Gasteiger partial charge in [0.15, 0.2) is 0 Å². The van der Waals surface area contributed by atoms with Crippen LogP contribution < -0.4 is 11.1 Å². The van der Waals surface area contributed by atoms with Crippen molar-refractivity contribution in [2.45, 2.75) is 4.90 Å². The number of anilines is 1. The first-order valence-corrected chi connectivity index (χ1v) is 7.97. The average Bonchev–Trinajstić information content (AvgIpc) is 2.49. The lowest BCUT2D eigenvalue weighted by molar-refractivity contribution is -0.384. The number of nitro benzene ring substituents is 1. The summed E-state index contributed by atoms with van der Waals surface area (Å²) in [5.74, 6) is -0.342. The molecule has 0 amide bonds. The highest BCUT2D eigenvalue weighted by atomic mass is 35.5. The van der Waals surface area contributed by atoms with Crippen LogP contribution in [0.4, 0.5) is 11.4 Å². The number of guanidine groups is 1. The van der Waals surface area contributed by atoms with Crippen LogP contribution in [0.5, 0.6) is 0 Å². The van der Waals surface area contributed by atoms with Crippen LogP contribution in [0, 0.1) is 10.1 Å². The van der Waals surface area contributed by atoms with Gasteiger partial charge in [0.2, 0.25) is 5.96 Å². The summed E-state index contributed by atoms with van der Waals surface area (Å²) in [5.41, 5.74) is 5.85. The van der Waals surface area contributed by atoms with Gasteiger partial charge in [0, 0.05) is 22.8 Å². The molecule has 2 aromatic rings. The lowest BCUT2D eigenvalue weighted by Gasteiger charge is -2.05. The minimum Gasteiger partial charge on any atom is -0.369 e. The molecule has 0 bridgehead atoms. The molecule has 8 nitrogen and oxygen atoms in total. The predicted octanol–water partition coefficient (Wildman–Crippen LogP) is 2.36. The molecule has 3 N–H and O–H groups in total. The van der Waals surface area contributed by atoms with Crippen LogP contribution >= 0.6 is 11.6 Å². The van der Waals surface area contributed by atoms with E-state index in [2.05, 4.69) is 9.71 Å². The molecule has 0 radical (unpaired) electrons. The van der Waals surface area contributed by atoms with Crippen LogP contribution in [0.3, 0.4) is 0 Å². The molecule has 0 spiro atoms. The molecule has 0 aliphatic carbocycles. The van der Waals surface area contributed by atoms with E-state index in [0.717, 1.165) is 24.3 Å². The van der Waals surface area contributed by atoms with Crippen molar-refractivity contribution in [3.8, 4) is 0 Å². The van der Waals surface area contributed by atoms with Crippen molar-refractivity contribution in [3.05, 3.63) is 63.7 Å². The van der Waals surface area contributed by atoms with E-state index in [0.29, 0.717) is 10.7 Å². The normalized spacial score (nSPS) is 12.0. The second-order valence-electron chi connectivity index (χ2n) is 4.33. The molecule has 0 atom stereocenters. The number of halogens is 1. The summed E-state index contributed by atoms with van der Waals surface area (Å²) >= 11 is 5.74. The second-order valence-corrected chi connectivity index (χ2v) is 6.38. The number of nitrogens with two attached hydrogens (primary N) is 1. The van der Waals surface area contributed by atoms with E-state index < -0.39 is 14.9 Å². The molecule has 0 aliphatic rings. The Balaban J connectivity index is 2.21. The first-order valence-electron chi connectivity index (χ1n) is 6.15. The topological polar surface area (TPSA) is 128 Å². The minimum absolute atomic E-state index is 0.205. The number of benzene rings is 2. The highest BCUT2D eigenvalue weighted by molar-refractivity contribution is 7.90. The largest absolute Gasteiger partial charge is 0.369 e. The third kappa shape index (κ3) is 4.41. The standard InChI is InChI=1S/C13H11ClN4O4S/c14-9-1-3-10(4-2-9)16-13(15)17-23(21,22)12-7-5-11(6-8-12)18(19)20/h1-8H,(H3,15,16,17). The Morgan fingerprint density at radius 1 is 1.13 bits per heavy atom. The Bertz CT molecular complexity index is 849. The van der Waals surface area contributed by atoms with E-state index in [1.165, 1.54) is 0 Å². The molecular weight excluding hydrogens is 344 g/mol. The highest BCUT2D eigenvalue weighted by Gasteiger charge is 2.15. The maximum atomic E-state index is 12.1. The summed E-state index contributed by atoms with van der Waals surface area (Å²) in [6.45, 7) is 0. The van der Waals surface area contributed by atoms with Gasteiger partial charge in [-0.1, -0.05) is 11.6 Å². The number of rotatable bonds is 4. The monoisotopic (exact) mass is 354 g/mol.